The summed E-state index contributed by atoms with van der Waals surface area (Å²) in [5.41, 5.74) is 10.5. The van der Waals surface area contributed by atoms with Crippen LogP contribution in [0.4, 0.5) is 19.0 Å². The summed E-state index contributed by atoms with van der Waals surface area (Å²) in [7, 11) is 1.19. The van der Waals surface area contributed by atoms with E-state index in [0.29, 0.717) is 0 Å². The lowest BCUT2D eigenvalue weighted by Crippen LogP contribution is -2.20. The van der Waals surface area contributed by atoms with Crippen molar-refractivity contribution in [1.82, 2.24) is 4.98 Å². The van der Waals surface area contributed by atoms with Gasteiger partial charge in [0.25, 0.3) is 0 Å². The van der Waals surface area contributed by atoms with Gasteiger partial charge in [-0.1, -0.05) is 0 Å². The molecule has 0 amide bonds. The number of halogens is 3. The SMILES string of the molecule is COc1cc(N)nc(CN)c1OC(F)(F)F. The highest BCUT2D eigenvalue weighted by molar-refractivity contribution is 5.50. The molecule has 8 heteroatoms. The molecule has 0 unspecified atom stereocenters. The van der Waals surface area contributed by atoms with E-state index in [-0.39, 0.29) is 23.8 Å². The molecule has 0 aliphatic rings. The van der Waals surface area contributed by atoms with Crippen molar-refractivity contribution in [1.29, 1.82) is 0 Å². The number of pyridine rings is 1. The van der Waals surface area contributed by atoms with E-state index in [2.05, 4.69) is 9.72 Å². The van der Waals surface area contributed by atoms with E-state index < -0.39 is 12.1 Å². The molecule has 1 heterocycles. The lowest BCUT2D eigenvalue weighted by atomic mass is 10.3. The monoisotopic (exact) mass is 237 g/mol. The largest absolute Gasteiger partial charge is 0.573 e. The molecule has 16 heavy (non-hydrogen) atoms. The first-order valence-corrected chi connectivity index (χ1v) is 4.16. The van der Waals surface area contributed by atoms with Crippen LogP contribution >= 0.6 is 0 Å². The van der Waals surface area contributed by atoms with Gasteiger partial charge in [-0.25, -0.2) is 4.98 Å². The van der Waals surface area contributed by atoms with Crippen LogP contribution in [0, 0.1) is 0 Å². The molecule has 0 atom stereocenters. The third-order valence-corrected chi connectivity index (χ3v) is 1.66. The maximum Gasteiger partial charge on any atom is 0.573 e. The highest BCUT2D eigenvalue weighted by atomic mass is 19.4. The number of anilines is 1. The average molecular weight is 237 g/mol. The standard InChI is InChI=1S/C8H10F3N3O2/c1-15-5-2-6(13)14-4(3-12)7(5)16-8(9,10)11/h2H,3,12H2,1H3,(H2,13,14). The second-order valence-electron chi connectivity index (χ2n) is 2.78. The number of nitrogens with two attached hydrogens (primary N) is 2. The Labute approximate surface area is 89.1 Å². The van der Waals surface area contributed by atoms with E-state index in [1.54, 1.807) is 0 Å². The van der Waals surface area contributed by atoms with Crippen LogP contribution in [-0.2, 0) is 6.54 Å². The molecule has 1 rings (SSSR count). The number of nitrogen functional groups attached to an aromatic ring is 1. The number of rotatable bonds is 3. The molecule has 0 fully saturated rings. The van der Waals surface area contributed by atoms with Gasteiger partial charge in [-0.3, -0.25) is 0 Å². The Morgan fingerprint density at radius 1 is 1.44 bits per heavy atom. The molecule has 0 aliphatic carbocycles. The average Bonchev–Trinajstić information content (AvgIpc) is 2.18. The van der Waals surface area contributed by atoms with E-state index >= 15 is 0 Å². The molecule has 5 nitrogen and oxygen atoms in total. The number of ether oxygens (including phenoxy) is 2. The van der Waals surface area contributed by atoms with Crippen molar-refractivity contribution in [2.75, 3.05) is 12.8 Å². The molecular weight excluding hydrogens is 227 g/mol. The number of methoxy groups -OCH3 is 1. The van der Waals surface area contributed by atoms with Crippen molar-refractivity contribution in [2.45, 2.75) is 12.9 Å². The number of nitrogens with zero attached hydrogens (tertiary/aromatic N) is 1. The third kappa shape index (κ3) is 2.89. The first-order chi connectivity index (χ1) is 7.37. The maximum atomic E-state index is 12.1. The zero-order valence-electron chi connectivity index (χ0n) is 8.34. The minimum atomic E-state index is -4.84. The van der Waals surface area contributed by atoms with Crippen LogP contribution in [-0.4, -0.2) is 18.5 Å². The zero-order valence-corrected chi connectivity index (χ0v) is 8.34. The fraction of sp³-hybridized carbons (Fsp3) is 0.375. The highest BCUT2D eigenvalue weighted by Crippen LogP contribution is 2.35. The van der Waals surface area contributed by atoms with Gasteiger partial charge in [0, 0.05) is 12.6 Å². The van der Waals surface area contributed by atoms with E-state index in [1.807, 2.05) is 0 Å². The van der Waals surface area contributed by atoms with Crippen LogP contribution in [0.1, 0.15) is 5.69 Å². The van der Waals surface area contributed by atoms with Gasteiger partial charge in [-0.15, -0.1) is 13.2 Å². The van der Waals surface area contributed by atoms with E-state index in [1.165, 1.54) is 7.11 Å². The number of alkyl halides is 3. The molecule has 0 spiro atoms. The fourth-order valence-electron chi connectivity index (χ4n) is 1.10. The topological polar surface area (TPSA) is 83.4 Å². The molecule has 1 aromatic heterocycles. The Morgan fingerprint density at radius 2 is 2.06 bits per heavy atom. The summed E-state index contributed by atoms with van der Waals surface area (Å²) in [6, 6.07) is 1.13. The summed E-state index contributed by atoms with van der Waals surface area (Å²) >= 11 is 0. The Hall–Kier alpha value is -1.70. The second kappa shape index (κ2) is 4.44. The molecule has 0 radical (unpaired) electrons. The fourth-order valence-corrected chi connectivity index (χ4v) is 1.10. The number of hydrogen-bond acceptors (Lipinski definition) is 5. The minimum Gasteiger partial charge on any atom is -0.493 e. The van der Waals surface area contributed by atoms with Gasteiger partial charge in [0.2, 0.25) is 0 Å². The van der Waals surface area contributed by atoms with Gasteiger partial charge in [0.05, 0.1) is 7.11 Å². The van der Waals surface area contributed by atoms with Crippen LogP contribution in [0.25, 0.3) is 0 Å². The second-order valence-corrected chi connectivity index (χ2v) is 2.78. The van der Waals surface area contributed by atoms with Crippen LogP contribution in [0.5, 0.6) is 11.5 Å². The van der Waals surface area contributed by atoms with Crippen molar-refractivity contribution in [3.63, 3.8) is 0 Å². The molecule has 0 saturated carbocycles. The smallest absolute Gasteiger partial charge is 0.493 e. The van der Waals surface area contributed by atoms with Gasteiger partial charge < -0.3 is 20.9 Å². The quantitative estimate of drug-likeness (QED) is 0.820. The van der Waals surface area contributed by atoms with E-state index in [9.17, 15) is 13.2 Å². The minimum absolute atomic E-state index is 0.00632. The molecule has 0 saturated heterocycles. The van der Waals surface area contributed by atoms with E-state index in [4.69, 9.17) is 16.2 Å². The van der Waals surface area contributed by atoms with Crippen LogP contribution in [0.2, 0.25) is 0 Å². The molecule has 0 bridgehead atoms. The Balaban J connectivity index is 3.22. The lowest BCUT2D eigenvalue weighted by molar-refractivity contribution is -0.275. The predicted octanol–water partition coefficient (Wildman–Crippen LogP) is 1.03. The predicted molar refractivity (Wildman–Crippen MR) is 49.8 cm³/mol. The molecule has 0 aromatic carbocycles. The van der Waals surface area contributed by atoms with Gasteiger partial charge >= 0.3 is 6.36 Å². The van der Waals surface area contributed by atoms with Crippen molar-refractivity contribution < 1.29 is 22.6 Å². The van der Waals surface area contributed by atoms with Gasteiger partial charge in [0.1, 0.15) is 11.5 Å². The summed E-state index contributed by atoms with van der Waals surface area (Å²) in [5, 5.41) is 0. The number of aromatic nitrogens is 1. The first-order valence-electron chi connectivity index (χ1n) is 4.16. The zero-order chi connectivity index (χ0) is 12.3. The third-order valence-electron chi connectivity index (χ3n) is 1.66. The molecular formula is C8H10F3N3O2. The van der Waals surface area contributed by atoms with Crippen LogP contribution in [0.3, 0.4) is 0 Å². The maximum absolute atomic E-state index is 12.1. The highest BCUT2D eigenvalue weighted by Gasteiger charge is 2.34. The molecule has 90 valence electrons. The Kier molecular flexibility index (Phi) is 3.43. The normalized spacial score (nSPS) is 11.3. The Morgan fingerprint density at radius 3 is 2.50 bits per heavy atom. The van der Waals surface area contributed by atoms with E-state index in [0.717, 1.165) is 6.07 Å². The summed E-state index contributed by atoms with van der Waals surface area (Å²) in [5.74, 6) is -0.719. The van der Waals surface area contributed by atoms with Gasteiger partial charge in [-0.05, 0) is 0 Å². The van der Waals surface area contributed by atoms with Crippen molar-refractivity contribution >= 4 is 5.82 Å². The van der Waals surface area contributed by atoms with Crippen molar-refractivity contribution in [3.05, 3.63) is 11.8 Å². The summed E-state index contributed by atoms with van der Waals surface area (Å²) < 4.78 is 44.8. The van der Waals surface area contributed by atoms with Gasteiger partial charge in [-0.2, -0.15) is 0 Å². The summed E-state index contributed by atoms with van der Waals surface area (Å²) in [6.45, 7) is -0.243. The molecule has 4 N–H and O–H groups in total. The Bertz CT molecular complexity index is 356. The summed E-state index contributed by atoms with van der Waals surface area (Å²) in [4.78, 5) is 3.63. The number of hydrogen-bond donors (Lipinski definition) is 2. The van der Waals surface area contributed by atoms with Crippen molar-refractivity contribution in [3.8, 4) is 11.5 Å². The van der Waals surface area contributed by atoms with Crippen molar-refractivity contribution in [2.24, 2.45) is 5.73 Å². The first kappa shape index (κ1) is 12.4. The lowest BCUT2D eigenvalue weighted by Gasteiger charge is -2.15. The van der Waals surface area contributed by atoms with Crippen LogP contribution in [0.15, 0.2) is 6.07 Å². The molecule has 0 aliphatic heterocycles. The molecule has 1 aromatic rings. The van der Waals surface area contributed by atoms with Gasteiger partial charge in [0.15, 0.2) is 11.5 Å². The summed E-state index contributed by atoms with van der Waals surface area (Å²) in [6.07, 6.45) is -4.84. The van der Waals surface area contributed by atoms with Crippen LogP contribution < -0.4 is 20.9 Å².